The van der Waals surface area contributed by atoms with Crippen molar-refractivity contribution in [3.05, 3.63) is 24.3 Å². The molecule has 1 aromatic rings. The lowest BCUT2D eigenvalue weighted by Gasteiger charge is -2.25. The summed E-state index contributed by atoms with van der Waals surface area (Å²) in [6.45, 7) is 6.30. The van der Waals surface area contributed by atoms with E-state index in [1.165, 1.54) is 0 Å². The maximum Gasteiger partial charge on any atom is 0.284 e. The minimum Gasteiger partial charge on any atom is -0.485 e. The van der Waals surface area contributed by atoms with Crippen LogP contribution in [0.4, 0.5) is 0 Å². The van der Waals surface area contributed by atoms with Crippen LogP contribution in [0, 0.1) is 5.92 Å². The number of hydrogen-bond acceptors (Lipinski definition) is 4. The zero-order valence-corrected chi connectivity index (χ0v) is 12.1. The van der Waals surface area contributed by atoms with E-state index in [4.69, 9.17) is 9.47 Å². The molecule has 1 atom stereocenters. The Morgan fingerprint density at radius 3 is 2.75 bits per heavy atom. The Labute approximate surface area is 119 Å². The van der Waals surface area contributed by atoms with Crippen molar-refractivity contribution < 1.29 is 14.3 Å². The summed E-state index contributed by atoms with van der Waals surface area (Å²) in [5.74, 6) is 1.27. The number of hydrogen-bond donors (Lipinski definition) is 1. The fourth-order valence-corrected chi connectivity index (χ4v) is 1.96. The molecular weight excluding hydrogens is 256 g/mol. The van der Waals surface area contributed by atoms with Crippen LogP contribution in [0.15, 0.2) is 29.4 Å². The first-order chi connectivity index (χ1) is 9.61. The minimum atomic E-state index is -0.668. The lowest BCUT2D eigenvalue weighted by Crippen LogP contribution is -2.42. The Hall–Kier alpha value is -2.04. The SMILES string of the molecule is CCC(=NNC(=O)C1COc2ccccc2O1)C(C)C. The Balaban J connectivity index is 1.98. The molecule has 1 aliphatic heterocycles. The second kappa shape index (κ2) is 6.41. The first kappa shape index (κ1) is 14.4. The van der Waals surface area contributed by atoms with Crippen LogP contribution in [0.2, 0.25) is 0 Å². The molecule has 0 fully saturated rings. The number of nitrogens with one attached hydrogen (secondary N) is 1. The Morgan fingerprint density at radius 1 is 1.40 bits per heavy atom. The van der Waals surface area contributed by atoms with E-state index in [1.54, 1.807) is 6.07 Å². The lowest BCUT2D eigenvalue weighted by atomic mass is 10.1. The predicted molar refractivity (Wildman–Crippen MR) is 77.1 cm³/mol. The smallest absolute Gasteiger partial charge is 0.284 e. The van der Waals surface area contributed by atoms with E-state index >= 15 is 0 Å². The van der Waals surface area contributed by atoms with Crippen LogP contribution in [0.5, 0.6) is 11.5 Å². The topological polar surface area (TPSA) is 59.9 Å². The van der Waals surface area contributed by atoms with E-state index in [9.17, 15) is 4.79 Å². The number of hydrazone groups is 1. The molecule has 1 unspecified atom stereocenters. The molecule has 0 saturated heterocycles. The summed E-state index contributed by atoms with van der Waals surface area (Å²) < 4.78 is 11.1. The molecular formula is C15H20N2O3. The zero-order chi connectivity index (χ0) is 14.5. The predicted octanol–water partition coefficient (Wildman–Crippen LogP) is 2.36. The van der Waals surface area contributed by atoms with Crippen molar-refractivity contribution in [1.82, 2.24) is 5.43 Å². The van der Waals surface area contributed by atoms with Gasteiger partial charge < -0.3 is 9.47 Å². The molecule has 2 rings (SSSR count). The molecule has 0 radical (unpaired) electrons. The number of rotatable bonds is 4. The van der Waals surface area contributed by atoms with Gasteiger partial charge in [-0.05, 0) is 24.5 Å². The highest BCUT2D eigenvalue weighted by atomic mass is 16.6. The molecule has 0 saturated carbocycles. The van der Waals surface area contributed by atoms with Crippen molar-refractivity contribution in [3.63, 3.8) is 0 Å². The van der Waals surface area contributed by atoms with Gasteiger partial charge in [0.25, 0.3) is 5.91 Å². The standard InChI is InChI=1S/C15H20N2O3/c1-4-11(10(2)3)16-17-15(18)14-9-19-12-7-5-6-8-13(12)20-14/h5-8,10,14H,4,9H2,1-3H3,(H,17,18). The summed E-state index contributed by atoms with van der Waals surface area (Å²) in [6.07, 6.45) is 0.141. The van der Waals surface area contributed by atoms with E-state index in [2.05, 4.69) is 10.5 Å². The molecule has 0 aliphatic carbocycles. The van der Waals surface area contributed by atoms with Gasteiger partial charge in [-0.25, -0.2) is 5.43 Å². The Kier molecular flexibility index (Phi) is 4.61. The summed E-state index contributed by atoms with van der Waals surface area (Å²) >= 11 is 0. The van der Waals surface area contributed by atoms with E-state index in [1.807, 2.05) is 39.0 Å². The van der Waals surface area contributed by atoms with E-state index in [0.29, 0.717) is 17.4 Å². The van der Waals surface area contributed by atoms with E-state index in [0.717, 1.165) is 12.1 Å². The van der Waals surface area contributed by atoms with Gasteiger partial charge in [0.05, 0.1) is 0 Å². The zero-order valence-electron chi connectivity index (χ0n) is 12.1. The molecule has 0 bridgehead atoms. The maximum atomic E-state index is 12.0. The average molecular weight is 276 g/mol. The first-order valence-corrected chi connectivity index (χ1v) is 6.86. The van der Waals surface area contributed by atoms with Crippen LogP contribution in [0.25, 0.3) is 0 Å². The minimum absolute atomic E-state index is 0.196. The van der Waals surface area contributed by atoms with Crippen LogP contribution >= 0.6 is 0 Å². The fourth-order valence-electron chi connectivity index (χ4n) is 1.96. The second-order valence-corrected chi connectivity index (χ2v) is 4.95. The number of nitrogens with zero attached hydrogens (tertiary/aromatic N) is 1. The summed E-state index contributed by atoms with van der Waals surface area (Å²) in [7, 11) is 0. The molecule has 5 heteroatoms. The lowest BCUT2D eigenvalue weighted by molar-refractivity contribution is -0.130. The van der Waals surface area contributed by atoms with Gasteiger partial charge in [-0.1, -0.05) is 32.9 Å². The van der Waals surface area contributed by atoms with Crippen molar-refractivity contribution in [3.8, 4) is 11.5 Å². The first-order valence-electron chi connectivity index (χ1n) is 6.86. The summed E-state index contributed by atoms with van der Waals surface area (Å²) in [4.78, 5) is 12.0. The van der Waals surface area contributed by atoms with Gasteiger partial charge in [0.15, 0.2) is 11.5 Å². The van der Waals surface area contributed by atoms with Gasteiger partial charge in [-0.15, -0.1) is 0 Å². The van der Waals surface area contributed by atoms with Gasteiger partial charge in [0.2, 0.25) is 6.10 Å². The van der Waals surface area contributed by atoms with Gasteiger partial charge in [0, 0.05) is 5.71 Å². The summed E-state index contributed by atoms with van der Waals surface area (Å²) in [6, 6.07) is 7.30. The van der Waals surface area contributed by atoms with Gasteiger partial charge in [0.1, 0.15) is 6.61 Å². The highest BCUT2D eigenvalue weighted by molar-refractivity contribution is 5.88. The van der Waals surface area contributed by atoms with Crippen LogP contribution in [-0.4, -0.2) is 24.3 Å². The van der Waals surface area contributed by atoms with Crippen LogP contribution in [-0.2, 0) is 4.79 Å². The van der Waals surface area contributed by atoms with E-state index in [-0.39, 0.29) is 12.5 Å². The Bertz CT molecular complexity index is 512. The van der Waals surface area contributed by atoms with Gasteiger partial charge in [-0.3, -0.25) is 4.79 Å². The summed E-state index contributed by atoms with van der Waals surface area (Å²) in [5.41, 5.74) is 3.51. The van der Waals surface area contributed by atoms with Crippen molar-refractivity contribution >= 4 is 11.6 Å². The Morgan fingerprint density at radius 2 is 2.10 bits per heavy atom. The number of para-hydroxylation sites is 2. The molecule has 5 nitrogen and oxygen atoms in total. The third kappa shape index (κ3) is 3.29. The molecule has 1 amide bonds. The molecule has 1 N–H and O–H groups in total. The van der Waals surface area contributed by atoms with Gasteiger partial charge >= 0.3 is 0 Å². The van der Waals surface area contributed by atoms with Crippen LogP contribution in [0.3, 0.4) is 0 Å². The largest absolute Gasteiger partial charge is 0.485 e. The molecule has 1 heterocycles. The number of benzene rings is 1. The maximum absolute atomic E-state index is 12.0. The molecule has 0 spiro atoms. The number of fused-ring (bicyclic) bond motifs is 1. The fraction of sp³-hybridized carbons (Fsp3) is 0.467. The molecule has 1 aliphatic rings. The number of carbonyl (C=O) groups is 1. The third-order valence-electron chi connectivity index (χ3n) is 3.14. The second-order valence-electron chi connectivity index (χ2n) is 4.95. The third-order valence-corrected chi connectivity index (χ3v) is 3.14. The van der Waals surface area contributed by atoms with Crippen molar-refractivity contribution in [2.75, 3.05) is 6.61 Å². The molecule has 20 heavy (non-hydrogen) atoms. The normalized spacial score (nSPS) is 18.0. The van der Waals surface area contributed by atoms with E-state index < -0.39 is 6.10 Å². The molecule has 0 aromatic heterocycles. The average Bonchev–Trinajstić information content (AvgIpc) is 2.46. The van der Waals surface area contributed by atoms with Crippen LogP contribution in [0.1, 0.15) is 27.2 Å². The van der Waals surface area contributed by atoms with Crippen molar-refractivity contribution in [2.24, 2.45) is 11.0 Å². The monoisotopic (exact) mass is 276 g/mol. The number of amides is 1. The molecule has 108 valence electrons. The van der Waals surface area contributed by atoms with Crippen LogP contribution < -0.4 is 14.9 Å². The quantitative estimate of drug-likeness (QED) is 0.678. The van der Waals surface area contributed by atoms with Gasteiger partial charge in [-0.2, -0.15) is 5.10 Å². The van der Waals surface area contributed by atoms with Crippen molar-refractivity contribution in [1.29, 1.82) is 0 Å². The summed E-state index contributed by atoms with van der Waals surface area (Å²) in [5, 5.41) is 4.15. The number of ether oxygens (including phenoxy) is 2. The number of carbonyl (C=O) groups excluding carboxylic acids is 1. The molecule has 1 aromatic carbocycles. The van der Waals surface area contributed by atoms with Crippen molar-refractivity contribution in [2.45, 2.75) is 33.3 Å². The highest BCUT2D eigenvalue weighted by Crippen LogP contribution is 2.30. The highest BCUT2D eigenvalue weighted by Gasteiger charge is 2.27.